The quantitative estimate of drug-likeness (QED) is 0.790. The van der Waals surface area contributed by atoms with Gasteiger partial charge in [-0.25, -0.2) is 19.7 Å². The lowest BCUT2D eigenvalue weighted by molar-refractivity contribution is 0.0527. The fourth-order valence-electron chi connectivity index (χ4n) is 1.60. The van der Waals surface area contributed by atoms with Crippen LogP contribution in [0.1, 0.15) is 23.0 Å². The van der Waals surface area contributed by atoms with Gasteiger partial charge < -0.3 is 15.8 Å². The predicted molar refractivity (Wildman–Crippen MR) is 74.0 cm³/mol. The molecule has 0 aliphatic carbocycles. The summed E-state index contributed by atoms with van der Waals surface area (Å²) in [4.78, 5) is 23.7. The topological polar surface area (TPSA) is 103 Å². The van der Waals surface area contributed by atoms with E-state index in [4.69, 9.17) is 10.5 Å². The minimum Gasteiger partial charge on any atom is -0.462 e. The molecule has 20 heavy (non-hydrogen) atoms. The first kappa shape index (κ1) is 13.7. The smallest absolute Gasteiger partial charge is 0.340 e. The van der Waals surface area contributed by atoms with Gasteiger partial charge in [-0.1, -0.05) is 0 Å². The van der Waals surface area contributed by atoms with Crippen LogP contribution in [0.2, 0.25) is 0 Å². The lowest BCUT2D eigenvalue weighted by Crippen LogP contribution is -2.12. The molecule has 0 aliphatic rings. The maximum absolute atomic E-state index is 11.7. The summed E-state index contributed by atoms with van der Waals surface area (Å²) in [5.41, 5.74) is 7.28. The number of pyridine rings is 1. The highest BCUT2D eigenvalue weighted by molar-refractivity contribution is 5.97. The predicted octanol–water partition coefficient (Wildman–Crippen LogP) is 1.24. The summed E-state index contributed by atoms with van der Waals surface area (Å²) in [6.07, 6.45) is 4.61. The number of aromatic nitrogens is 3. The summed E-state index contributed by atoms with van der Waals surface area (Å²) in [6.45, 7) is 2.47. The average molecular weight is 273 g/mol. The van der Waals surface area contributed by atoms with Crippen LogP contribution >= 0.6 is 0 Å². The fourth-order valence-corrected chi connectivity index (χ4v) is 1.60. The molecular weight excluding hydrogens is 258 g/mol. The number of nitrogens with two attached hydrogens (primary N) is 1. The summed E-state index contributed by atoms with van der Waals surface area (Å²) in [7, 11) is 0. The summed E-state index contributed by atoms with van der Waals surface area (Å²) in [5, 5.41) is 3.03. The van der Waals surface area contributed by atoms with E-state index >= 15 is 0 Å². The van der Waals surface area contributed by atoms with Gasteiger partial charge in [0.15, 0.2) is 0 Å². The molecule has 2 aromatic rings. The van der Waals surface area contributed by atoms with Crippen molar-refractivity contribution in [3.05, 3.63) is 42.1 Å². The van der Waals surface area contributed by atoms with Crippen LogP contribution in [0.25, 0.3) is 0 Å². The zero-order valence-electron chi connectivity index (χ0n) is 11.0. The highest BCUT2D eigenvalue weighted by atomic mass is 16.5. The number of nitrogens with zero attached hydrogens (tertiary/aromatic N) is 3. The van der Waals surface area contributed by atoms with Crippen molar-refractivity contribution in [1.82, 2.24) is 15.0 Å². The van der Waals surface area contributed by atoms with E-state index in [9.17, 15) is 4.79 Å². The van der Waals surface area contributed by atoms with Crippen molar-refractivity contribution in [3.8, 4) is 0 Å². The molecule has 0 aromatic carbocycles. The van der Waals surface area contributed by atoms with E-state index in [2.05, 4.69) is 20.3 Å². The van der Waals surface area contributed by atoms with E-state index in [1.54, 1.807) is 19.2 Å². The van der Waals surface area contributed by atoms with Gasteiger partial charge in [-0.15, -0.1) is 0 Å². The van der Waals surface area contributed by atoms with E-state index in [1.165, 1.54) is 18.6 Å². The van der Waals surface area contributed by atoms with Crippen LogP contribution in [0.15, 0.2) is 30.9 Å². The molecule has 0 unspecified atom stereocenters. The van der Waals surface area contributed by atoms with Gasteiger partial charge in [-0.05, 0) is 19.1 Å². The summed E-state index contributed by atoms with van der Waals surface area (Å²) < 4.78 is 4.93. The normalized spacial score (nSPS) is 10.1. The molecule has 2 rings (SSSR count). The van der Waals surface area contributed by atoms with Gasteiger partial charge in [0, 0.05) is 12.4 Å². The number of ether oxygens (including phenoxy) is 1. The standard InChI is InChI=1S/C13H15N5O2/c1-2-20-13(19)10-4-6-16-12(11(10)14)17-7-9-3-5-15-8-18-9/h3-6,8H,2,7,14H2,1H3,(H,16,17). The third-order valence-electron chi connectivity index (χ3n) is 2.57. The van der Waals surface area contributed by atoms with Crippen LogP contribution in [-0.2, 0) is 11.3 Å². The molecule has 0 saturated carbocycles. The zero-order chi connectivity index (χ0) is 14.4. The Morgan fingerprint density at radius 3 is 2.90 bits per heavy atom. The van der Waals surface area contributed by atoms with E-state index in [0.29, 0.717) is 24.5 Å². The Labute approximate surface area is 116 Å². The molecule has 0 atom stereocenters. The van der Waals surface area contributed by atoms with Crippen LogP contribution in [0.3, 0.4) is 0 Å². The Hall–Kier alpha value is -2.70. The Morgan fingerprint density at radius 2 is 2.20 bits per heavy atom. The number of nitrogen functional groups attached to an aromatic ring is 1. The zero-order valence-corrected chi connectivity index (χ0v) is 11.0. The van der Waals surface area contributed by atoms with Crippen LogP contribution < -0.4 is 11.1 Å². The summed E-state index contributed by atoms with van der Waals surface area (Å²) >= 11 is 0. The minimum absolute atomic E-state index is 0.264. The second kappa shape index (κ2) is 6.46. The fraction of sp³-hybridized carbons (Fsp3) is 0.231. The maximum Gasteiger partial charge on any atom is 0.340 e. The number of esters is 1. The van der Waals surface area contributed by atoms with Crippen molar-refractivity contribution < 1.29 is 9.53 Å². The molecular formula is C13H15N5O2. The van der Waals surface area contributed by atoms with Crippen molar-refractivity contribution in [3.63, 3.8) is 0 Å². The first-order valence-corrected chi connectivity index (χ1v) is 6.12. The van der Waals surface area contributed by atoms with Crippen molar-refractivity contribution in [1.29, 1.82) is 0 Å². The molecule has 3 N–H and O–H groups in total. The monoisotopic (exact) mass is 273 g/mol. The average Bonchev–Trinajstić information content (AvgIpc) is 2.47. The van der Waals surface area contributed by atoms with Crippen molar-refractivity contribution >= 4 is 17.5 Å². The number of carbonyl (C=O) groups excluding carboxylic acids is 1. The summed E-state index contributed by atoms with van der Waals surface area (Å²) in [6, 6.07) is 3.31. The van der Waals surface area contributed by atoms with Gasteiger partial charge in [-0.2, -0.15) is 0 Å². The highest BCUT2D eigenvalue weighted by Gasteiger charge is 2.14. The van der Waals surface area contributed by atoms with Crippen LogP contribution in [0.4, 0.5) is 11.5 Å². The van der Waals surface area contributed by atoms with Crippen LogP contribution in [-0.4, -0.2) is 27.5 Å². The SMILES string of the molecule is CCOC(=O)c1ccnc(NCc2ccncn2)c1N. The van der Waals surface area contributed by atoms with Crippen molar-refractivity contribution in [2.45, 2.75) is 13.5 Å². The molecule has 0 bridgehead atoms. The van der Waals surface area contributed by atoms with Crippen LogP contribution in [0.5, 0.6) is 0 Å². The number of hydrogen-bond acceptors (Lipinski definition) is 7. The molecule has 0 fully saturated rings. The molecule has 0 aliphatic heterocycles. The Bertz CT molecular complexity index is 589. The van der Waals surface area contributed by atoms with Crippen LogP contribution in [0, 0.1) is 0 Å². The number of carbonyl (C=O) groups is 1. The number of rotatable bonds is 5. The third kappa shape index (κ3) is 3.19. The molecule has 104 valence electrons. The van der Waals surface area contributed by atoms with Gasteiger partial charge in [0.05, 0.1) is 30.1 Å². The highest BCUT2D eigenvalue weighted by Crippen LogP contribution is 2.21. The van der Waals surface area contributed by atoms with E-state index < -0.39 is 5.97 Å². The molecule has 0 spiro atoms. The van der Waals surface area contributed by atoms with E-state index in [-0.39, 0.29) is 5.69 Å². The second-order valence-corrected chi connectivity index (χ2v) is 3.90. The van der Waals surface area contributed by atoms with E-state index in [1.807, 2.05) is 0 Å². The van der Waals surface area contributed by atoms with Gasteiger partial charge in [0.1, 0.15) is 12.1 Å². The van der Waals surface area contributed by atoms with E-state index in [0.717, 1.165) is 5.69 Å². The Morgan fingerprint density at radius 1 is 1.35 bits per heavy atom. The van der Waals surface area contributed by atoms with Gasteiger partial charge in [-0.3, -0.25) is 0 Å². The molecule has 2 aromatic heterocycles. The minimum atomic E-state index is -0.461. The molecule has 7 nitrogen and oxygen atoms in total. The Balaban J connectivity index is 2.12. The molecule has 2 heterocycles. The third-order valence-corrected chi connectivity index (χ3v) is 2.57. The molecule has 0 radical (unpaired) electrons. The summed E-state index contributed by atoms with van der Waals surface area (Å²) in [5.74, 6) is -0.0355. The van der Waals surface area contributed by atoms with Gasteiger partial charge in [0.25, 0.3) is 0 Å². The Kier molecular flexibility index (Phi) is 4.43. The number of hydrogen-bond donors (Lipinski definition) is 2. The molecule has 0 saturated heterocycles. The van der Waals surface area contributed by atoms with Crippen molar-refractivity contribution in [2.24, 2.45) is 0 Å². The van der Waals surface area contributed by atoms with Gasteiger partial charge in [0.2, 0.25) is 0 Å². The lowest BCUT2D eigenvalue weighted by Gasteiger charge is -2.10. The lowest BCUT2D eigenvalue weighted by atomic mass is 10.2. The first-order chi connectivity index (χ1) is 9.72. The first-order valence-electron chi connectivity index (χ1n) is 6.12. The second-order valence-electron chi connectivity index (χ2n) is 3.90. The molecule has 7 heteroatoms. The maximum atomic E-state index is 11.7. The number of nitrogens with one attached hydrogen (secondary N) is 1. The number of anilines is 2. The van der Waals surface area contributed by atoms with Crippen molar-refractivity contribution in [2.75, 3.05) is 17.7 Å². The largest absolute Gasteiger partial charge is 0.462 e. The van der Waals surface area contributed by atoms with Gasteiger partial charge >= 0.3 is 5.97 Å². The molecule has 0 amide bonds.